The number of benzene rings is 2. The predicted molar refractivity (Wildman–Crippen MR) is 91.1 cm³/mol. The van der Waals surface area contributed by atoms with Crippen molar-refractivity contribution in [2.75, 3.05) is 20.8 Å². The van der Waals surface area contributed by atoms with Gasteiger partial charge in [0.2, 0.25) is 6.41 Å². The van der Waals surface area contributed by atoms with E-state index in [0.717, 1.165) is 17.7 Å². The maximum absolute atomic E-state index is 11.3. The fraction of sp³-hybridized carbons (Fsp3) is 0.278. The van der Waals surface area contributed by atoms with Gasteiger partial charge in [-0.1, -0.05) is 18.2 Å². The number of fused-ring (bicyclic) bond motifs is 1. The third-order valence-corrected chi connectivity index (χ3v) is 5.17. The highest BCUT2D eigenvalue weighted by atomic mass is 32.2. The molecule has 0 aromatic heterocycles. The highest BCUT2D eigenvalue weighted by Crippen LogP contribution is 2.44. The summed E-state index contributed by atoms with van der Waals surface area (Å²) in [6, 6.07) is 14.2. The van der Waals surface area contributed by atoms with Gasteiger partial charge in [-0.15, -0.1) is 11.8 Å². The van der Waals surface area contributed by atoms with E-state index in [2.05, 4.69) is 12.1 Å². The molecule has 120 valence electrons. The van der Waals surface area contributed by atoms with Gasteiger partial charge in [0.05, 0.1) is 19.5 Å². The van der Waals surface area contributed by atoms with Crippen molar-refractivity contribution in [1.29, 1.82) is 0 Å². The zero-order valence-electron chi connectivity index (χ0n) is 13.2. The smallest absolute Gasteiger partial charge is 0.210 e. The Morgan fingerprint density at radius 1 is 1.13 bits per heavy atom. The maximum Gasteiger partial charge on any atom is 0.210 e. The highest BCUT2D eigenvalue weighted by molar-refractivity contribution is 7.99. The molecule has 2 aromatic carbocycles. The van der Waals surface area contributed by atoms with E-state index in [-0.39, 0.29) is 5.25 Å². The van der Waals surface area contributed by atoms with Crippen LogP contribution in [0.5, 0.6) is 11.5 Å². The summed E-state index contributed by atoms with van der Waals surface area (Å²) in [4.78, 5) is 14.3. The molecular weight excluding hydrogens is 310 g/mol. The van der Waals surface area contributed by atoms with E-state index in [1.165, 1.54) is 10.5 Å². The van der Waals surface area contributed by atoms with Gasteiger partial charge in [-0.2, -0.15) is 0 Å². The van der Waals surface area contributed by atoms with Crippen molar-refractivity contribution < 1.29 is 14.3 Å². The van der Waals surface area contributed by atoms with Gasteiger partial charge in [0.1, 0.15) is 0 Å². The Balaban J connectivity index is 1.99. The quantitative estimate of drug-likeness (QED) is 0.787. The van der Waals surface area contributed by atoms with Crippen molar-refractivity contribution in [2.45, 2.75) is 16.7 Å². The summed E-state index contributed by atoms with van der Waals surface area (Å²) in [6.07, 6.45) is 0.915. The number of thioether (sulfide) groups is 1. The largest absolute Gasteiger partial charge is 0.493 e. The Kier molecular flexibility index (Phi) is 4.76. The van der Waals surface area contributed by atoms with Crippen molar-refractivity contribution in [2.24, 2.45) is 0 Å². The van der Waals surface area contributed by atoms with Crippen LogP contribution in [-0.2, 0) is 11.3 Å². The first-order valence-electron chi connectivity index (χ1n) is 7.41. The summed E-state index contributed by atoms with van der Waals surface area (Å²) >= 11 is 1.76. The summed E-state index contributed by atoms with van der Waals surface area (Å²) < 4.78 is 10.8. The minimum Gasteiger partial charge on any atom is -0.493 e. The Morgan fingerprint density at radius 3 is 2.48 bits per heavy atom. The van der Waals surface area contributed by atoms with E-state index in [0.29, 0.717) is 18.8 Å². The highest BCUT2D eigenvalue weighted by Gasteiger charge is 2.27. The van der Waals surface area contributed by atoms with Crippen LogP contribution in [0.25, 0.3) is 0 Å². The molecule has 0 fully saturated rings. The molecule has 4 nitrogen and oxygen atoms in total. The summed E-state index contributed by atoms with van der Waals surface area (Å²) in [5.74, 6) is 1.42. The molecule has 2 aromatic rings. The van der Waals surface area contributed by atoms with Crippen LogP contribution in [0, 0.1) is 0 Å². The molecule has 1 aliphatic heterocycles. The van der Waals surface area contributed by atoms with E-state index in [9.17, 15) is 4.79 Å². The average Bonchev–Trinajstić information content (AvgIpc) is 2.61. The zero-order chi connectivity index (χ0) is 16.2. The van der Waals surface area contributed by atoms with Crippen LogP contribution in [-0.4, -0.2) is 32.1 Å². The number of amides is 1. The van der Waals surface area contributed by atoms with E-state index >= 15 is 0 Å². The third kappa shape index (κ3) is 3.29. The molecule has 0 aliphatic carbocycles. The molecule has 1 atom stereocenters. The second-order valence-corrected chi connectivity index (χ2v) is 6.64. The van der Waals surface area contributed by atoms with Crippen LogP contribution < -0.4 is 9.47 Å². The summed E-state index contributed by atoms with van der Waals surface area (Å²) in [5, 5.41) is 0.172. The van der Waals surface area contributed by atoms with Gasteiger partial charge in [0, 0.05) is 18.0 Å². The lowest BCUT2D eigenvalue weighted by Crippen LogP contribution is -2.31. The molecule has 23 heavy (non-hydrogen) atoms. The normalized spacial score (nSPS) is 16.6. The van der Waals surface area contributed by atoms with Crippen LogP contribution in [0.2, 0.25) is 0 Å². The molecule has 0 saturated carbocycles. The molecule has 0 N–H and O–H groups in total. The van der Waals surface area contributed by atoms with Crippen LogP contribution in [0.15, 0.2) is 47.4 Å². The lowest BCUT2D eigenvalue weighted by Gasteiger charge is -2.32. The molecule has 5 heteroatoms. The SMILES string of the molecule is COc1cc2c(cc1OC)C(Sc1ccccc1)CN(C=O)C2. The van der Waals surface area contributed by atoms with Gasteiger partial charge in [0.15, 0.2) is 11.5 Å². The fourth-order valence-corrected chi connectivity index (χ4v) is 4.07. The standard InChI is InChI=1S/C18H19NO3S/c1-21-16-8-13-10-19(12-20)11-18(15(13)9-17(16)22-2)23-14-6-4-3-5-7-14/h3-9,12,18H,10-11H2,1-2H3. The second kappa shape index (κ2) is 6.96. The molecule has 1 amide bonds. The number of ether oxygens (including phenoxy) is 2. The Morgan fingerprint density at radius 2 is 1.83 bits per heavy atom. The minimum absolute atomic E-state index is 0.172. The molecule has 0 radical (unpaired) electrons. The topological polar surface area (TPSA) is 38.8 Å². The number of carbonyl (C=O) groups excluding carboxylic acids is 1. The van der Waals surface area contributed by atoms with Gasteiger partial charge in [-0.25, -0.2) is 0 Å². The maximum atomic E-state index is 11.3. The zero-order valence-corrected chi connectivity index (χ0v) is 14.0. The minimum atomic E-state index is 0.172. The monoisotopic (exact) mass is 329 g/mol. The number of rotatable bonds is 5. The molecular formula is C18H19NO3S. The van der Waals surface area contributed by atoms with Crippen LogP contribution in [0.1, 0.15) is 16.4 Å². The molecule has 0 saturated heterocycles. The molecule has 0 spiro atoms. The summed E-state index contributed by atoms with van der Waals surface area (Å²) in [6.45, 7) is 1.29. The predicted octanol–water partition coefficient (Wildman–Crippen LogP) is 3.51. The summed E-state index contributed by atoms with van der Waals surface area (Å²) in [5.41, 5.74) is 2.31. The van der Waals surface area contributed by atoms with Crippen molar-refractivity contribution in [3.63, 3.8) is 0 Å². The van der Waals surface area contributed by atoms with E-state index in [1.54, 1.807) is 30.9 Å². The van der Waals surface area contributed by atoms with E-state index < -0.39 is 0 Å². The Hall–Kier alpha value is -2.14. The summed E-state index contributed by atoms with van der Waals surface area (Å²) in [7, 11) is 3.27. The third-order valence-electron chi connectivity index (χ3n) is 3.94. The van der Waals surface area contributed by atoms with Gasteiger partial charge in [-0.3, -0.25) is 4.79 Å². The molecule has 1 unspecified atom stereocenters. The lowest BCUT2D eigenvalue weighted by atomic mass is 9.98. The van der Waals surface area contributed by atoms with Gasteiger partial charge in [0.25, 0.3) is 0 Å². The Labute approximate surface area is 140 Å². The van der Waals surface area contributed by atoms with Gasteiger partial charge < -0.3 is 14.4 Å². The van der Waals surface area contributed by atoms with Crippen LogP contribution in [0.4, 0.5) is 0 Å². The number of carbonyl (C=O) groups is 1. The first-order chi connectivity index (χ1) is 11.2. The fourth-order valence-electron chi connectivity index (χ4n) is 2.81. The number of hydrogen-bond donors (Lipinski definition) is 0. The number of hydrogen-bond acceptors (Lipinski definition) is 4. The van der Waals surface area contributed by atoms with Crippen LogP contribution >= 0.6 is 11.8 Å². The van der Waals surface area contributed by atoms with Crippen molar-refractivity contribution in [1.82, 2.24) is 4.90 Å². The molecule has 0 bridgehead atoms. The average molecular weight is 329 g/mol. The first-order valence-corrected chi connectivity index (χ1v) is 8.29. The van der Waals surface area contributed by atoms with Gasteiger partial charge >= 0.3 is 0 Å². The van der Waals surface area contributed by atoms with E-state index in [1.807, 2.05) is 30.3 Å². The number of nitrogens with zero attached hydrogens (tertiary/aromatic N) is 1. The van der Waals surface area contributed by atoms with Crippen molar-refractivity contribution in [3.05, 3.63) is 53.6 Å². The van der Waals surface area contributed by atoms with Crippen LogP contribution in [0.3, 0.4) is 0 Å². The number of methoxy groups -OCH3 is 2. The molecule has 3 rings (SSSR count). The van der Waals surface area contributed by atoms with Crippen molar-refractivity contribution >= 4 is 18.2 Å². The van der Waals surface area contributed by atoms with Gasteiger partial charge in [-0.05, 0) is 35.4 Å². The second-order valence-electron chi connectivity index (χ2n) is 5.36. The molecule has 1 heterocycles. The first kappa shape index (κ1) is 15.7. The van der Waals surface area contributed by atoms with Crippen molar-refractivity contribution in [3.8, 4) is 11.5 Å². The van der Waals surface area contributed by atoms with E-state index in [4.69, 9.17) is 9.47 Å². The Bertz CT molecular complexity index is 690. The molecule has 1 aliphatic rings. The lowest BCUT2D eigenvalue weighted by molar-refractivity contribution is -0.118.